The number of hydrogen-bond acceptors (Lipinski definition) is 5. The number of halogens is 2. The van der Waals surface area contributed by atoms with E-state index in [1.807, 2.05) is 6.92 Å². The lowest BCUT2D eigenvalue weighted by molar-refractivity contribution is -0.120. The van der Waals surface area contributed by atoms with Crippen molar-refractivity contribution < 1.29 is 14.3 Å². The van der Waals surface area contributed by atoms with Gasteiger partial charge < -0.3 is 10.1 Å². The second-order valence-electron chi connectivity index (χ2n) is 7.00. The van der Waals surface area contributed by atoms with Gasteiger partial charge in [-0.1, -0.05) is 47.1 Å². The number of methoxy groups -OCH3 is 1. The van der Waals surface area contributed by atoms with Gasteiger partial charge in [0.15, 0.2) is 0 Å². The first-order chi connectivity index (χ1) is 15.4. The van der Waals surface area contributed by atoms with Crippen LogP contribution in [0.3, 0.4) is 0 Å². The summed E-state index contributed by atoms with van der Waals surface area (Å²) in [5.41, 5.74) is 2.07. The quantitative estimate of drug-likeness (QED) is 0.416. The molecule has 1 aliphatic rings. The molecule has 5 nitrogen and oxygen atoms in total. The van der Waals surface area contributed by atoms with Gasteiger partial charge in [0.25, 0.3) is 11.8 Å². The van der Waals surface area contributed by atoms with Crippen LogP contribution < -0.4 is 15.0 Å². The molecule has 0 aromatic heterocycles. The molecule has 3 aromatic rings. The van der Waals surface area contributed by atoms with Crippen molar-refractivity contribution >= 4 is 58.2 Å². The van der Waals surface area contributed by atoms with Crippen LogP contribution in [0.15, 0.2) is 82.2 Å². The molecule has 8 heteroatoms. The summed E-state index contributed by atoms with van der Waals surface area (Å²) in [6.07, 6.45) is 0. The maximum absolute atomic E-state index is 13.4. The number of carbonyl (C=O) groups excluding carboxylic acids is 2. The maximum atomic E-state index is 13.4. The second-order valence-corrected chi connectivity index (χ2v) is 8.92. The Hall–Kier alpha value is -2.93. The number of anilines is 2. The lowest BCUT2D eigenvalue weighted by Crippen LogP contribution is -2.32. The van der Waals surface area contributed by atoms with Crippen LogP contribution >= 0.6 is 35.0 Å². The lowest BCUT2D eigenvalue weighted by atomic mass is 10.2. The summed E-state index contributed by atoms with van der Waals surface area (Å²) in [6.45, 7) is 1.86. The highest BCUT2D eigenvalue weighted by Crippen LogP contribution is 2.39. The minimum Gasteiger partial charge on any atom is -0.497 e. The van der Waals surface area contributed by atoms with Crippen LogP contribution in [0.2, 0.25) is 10.0 Å². The second kappa shape index (κ2) is 9.28. The zero-order valence-electron chi connectivity index (χ0n) is 17.2. The molecule has 0 bridgehead atoms. The normalized spacial score (nSPS) is 13.7. The molecule has 1 aliphatic heterocycles. The number of ether oxygens (including phenoxy) is 1. The monoisotopic (exact) mass is 484 g/mol. The molecule has 0 unspecified atom stereocenters. The number of amides is 2. The predicted octanol–water partition coefficient (Wildman–Crippen LogP) is 6.30. The molecular formula is C24H18Cl2N2O3S. The number of carbonyl (C=O) groups is 2. The van der Waals surface area contributed by atoms with E-state index in [2.05, 4.69) is 5.32 Å². The van der Waals surface area contributed by atoms with Gasteiger partial charge in [-0.2, -0.15) is 0 Å². The van der Waals surface area contributed by atoms with E-state index in [0.29, 0.717) is 27.2 Å². The number of hydrogen-bond donors (Lipinski definition) is 1. The highest BCUT2D eigenvalue weighted by molar-refractivity contribution is 8.04. The average Bonchev–Trinajstić information content (AvgIpc) is 3.01. The lowest BCUT2D eigenvalue weighted by Gasteiger charge is -2.16. The summed E-state index contributed by atoms with van der Waals surface area (Å²) >= 11 is 13.4. The molecule has 1 N–H and O–H groups in total. The summed E-state index contributed by atoms with van der Waals surface area (Å²) in [5.74, 6) is -0.268. The summed E-state index contributed by atoms with van der Waals surface area (Å²) in [6, 6.07) is 19.3. The molecule has 0 radical (unpaired) electrons. The van der Waals surface area contributed by atoms with E-state index < -0.39 is 11.8 Å². The van der Waals surface area contributed by atoms with Gasteiger partial charge in [0.05, 0.1) is 12.8 Å². The first kappa shape index (κ1) is 22.3. The molecule has 1 heterocycles. The van der Waals surface area contributed by atoms with Crippen molar-refractivity contribution in [2.75, 3.05) is 17.3 Å². The van der Waals surface area contributed by atoms with Crippen LogP contribution in [0.25, 0.3) is 0 Å². The van der Waals surface area contributed by atoms with E-state index in [1.165, 1.54) is 11.8 Å². The number of imide groups is 1. The first-order valence-corrected chi connectivity index (χ1v) is 11.2. The molecule has 3 aromatic carbocycles. The standard InChI is InChI=1S/C24H18Cl2N2O3S/c1-14-6-9-17(13-20(14)26)28-23(29)21(27-16-4-3-5-18(12-16)31-2)22(24(28)30)32-19-10-7-15(25)8-11-19/h3-13,27H,1-2H3. The summed E-state index contributed by atoms with van der Waals surface area (Å²) in [7, 11) is 1.56. The van der Waals surface area contributed by atoms with Crippen molar-refractivity contribution in [3.63, 3.8) is 0 Å². The molecule has 2 amide bonds. The molecule has 0 spiro atoms. The number of nitrogens with one attached hydrogen (secondary N) is 1. The van der Waals surface area contributed by atoms with E-state index in [0.717, 1.165) is 15.4 Å². The van der Waals surface area contributed by atoms with Gasteiger partial charge >= 0.3 is 0 Å². The first-order valence-electron chi connectivity index (χ1n) is 9.61. The van der Waals surface area contributed by atoms with E-state index in [4.69, 9.17) is 27.9 Å². The Balaban J connectivity index is 1.75. The highest BCUT2D eigenvalue weighted by atomic mass is 35.5. The third-order valence-corrected chi connectivity index (χ3v) is 6.58. The molecule has 0 fully saturated rings. The van der Waals surface area contributed by atoms with Crippen molar-refractivity contribution in [1.82, 2.24) is 0 Å². The summed E-state index contributed by atoms with van der Waals surface area (Å²) < 4.78 is 5.27. The number of aryl methyl sites for hydroxylation is 1. The molecule has 4 rings (SSSR count). The summed E-state index contributed by atoms with van der Waals surface area (Å²) in [4.78, 5) is 29.0. The van der Waals surface area contributed by atoms with Crippen molar-refractivity contribution in [1.29, 1.82) is 0 Å². The third kappa shape index (κ3) is 4.48. The van der Waals surface area contributed by atoms with E-state index in [1.54, 1.807) is 73.8 Å². The molecule has 0 atom stereocenters. The molecule has 0 saturated heterocycles. The Morgan fingerprint density at radius 2 is 1.69 bits per heavy atom. The number of thioether (sulfide) groups is 1. The van der Waals surface area contributed by atoms with Crippen molar-refractivity contribution in [2.24, 2.45) is 0 Å². The number of rotatable bonds is 6. The fourth-order valence-corrected chi connectivity index (χ4v) is 4.36. The molecule has 0 aliphatic carbocycles. The Bertz CT molecular complexity index is 1240. The molecular weight excluding hydrogens is 467 g/mol. The summed E-state index contributed by atoms with van der Waals surface area (Å²) in [5, 5.41) is 4.17. The third-order valence-electron chi connectivity index (χ3n) is 4.83. The van der Waals surface area contributed by atoms with E-state index in [9.17, 15) is 9.59 Å². The van der Waals surface area contributed by atoms with Gasteiger partial charge in [-0.05, 0) is 61.0 Å². The van der Waals surface area contributed by atoms with Crippen LogP contribution in [0.4, 0.5) is 11.4 Å². The van der Waals surface area contributed by atoms with Crippen molar-refractivity contribution in [2.45, 2.75) is 11.8 Å². The van der Waals surface area contributed by atoms with Crippen LogP contribution in [0.1, 0.15) is 5.56 Å². The molecule has 0 saturated carbocycles. The smallest absolute Gasteiger partial charge is 0.283 e. The fourth-order valence-electron chi connectivity index (χ4n) is 3.14. The minimum absolute atomic E-state index is 0.180. The Labute approximate surface area is 200 Å². The largest absolute Gasteiger partial charge is 0.497 e. The molecule has 32 heavy (non-hydrogen) atoms. The van der Waals surface area contributed by atoms with Gasteiger partial charge in [-0.15, -0.1) is 0 Å². The topological polar surface area (TPSA) is 58.6 Å². The predicted molar refractivity (Wildman–Crippen MR) is 130 cm³/mol. The average molecular weight is 485 g/mol. The van der Waals surface area contributed by atoms with E-state index >= 15 is 0 Å². The zero-order chi connectivity index (χ0) is 22.8. The van der Waals surface area contributed by atoms with Crippen LogP contribution in [-0.4, -0.2) is 18.9 Å². The highest BCUT2D eigenvalue weighted by Gasteiger charge is 2.40. The van der Waals surface area contributed by atoms with Gasteiger partial charge in [0, 0.05) is 26.7 Å². The molecule has 162 valence electrons. The van der Waals surface area contributed by atoms with Crippen molar-refractivity contribution in [3.05, 3.63) is 92.9 Å². The van der Waals surface area contributed by atoms with Gasteiger partial charge in [-0.25, -0.2) is 4.90 Å². The van der Waals surface area contributed by atoms with Crippen LogP contribution in [0.5, 0.6) is 5.75 Å². The number of nitrogens with zero attached hydrogens (tertiary/aromatic N) is 1. The number of benzene rings is 3. The van der Waals surface area contributed by atoms with Gasteiger partial charge in [-0.3, -0.25) is 9.59 Å². The van der Waals surface area contributed by atoms with Crippen LogP contribution in [0, 0.1) is 6.92 Å². The Morgan fingerprint density at radius 3 is 2.38 bits per heavy atom. The fraction of sp³-hybridized carbons (Fsp3) is 0.0833. The minimum atomic E-state index is -0.464. The SMILES string of the molecule is COc1cccc(NC2=C(Sc3ccc(Cl)cc3)C(=O)N(c3ccc(C)c(Cl)c3)C2=O)c1. The maximum Gasteiger partial charge on any atom is 0.283 e. The van der Waals surface area contributed by atoms with Gasteiger partial charge in [0.1, 0.15) is 16.4 Å². The Kier molecular flexibility index (Phi) is 6.46. The van der Waals surface area contributed by atoms with Gasteiger partial charge in [0.2, 0.25) is 0 Å². The van der Waals surface area contributed by atoms with Crippen molar-refractivity contribution in [3.8, 4) is 5.75 Å². The van der Waals surface area contributed by atoms with E-state index in [-0.39, 0.29) is 10.6 Å². The zero-order valence-corrected chi connectivity index (χ0v) is 19.5. The Morgan fingerprint density at radius 1 is 0.938 bits per heavy atom. The van der Waals surface area contributed by atoms with Crippen LogP contribution in [-0.2, 0) is 9.59 Å².